The SMILES string of the molecule is CN(Cc1cccc(F)c1)C(=O)c1cc(-c2ccccc2)nc2ccncc12. The molecule has 2 aromatic carbocycles. The summed E-state index contributed by atoms with van der Waals surface area (Å²) in [5.41, 5.74) is 3.62. The van der Waals surface area contributed by atoms with Crippen LogP contribution in [0.25, 0.3) is 22.2 Å². The van der Waals surface area contributed by atoms with Crippen LogP contribution < -0.4 is 0 Å². The minimum atomic E-state index is -0.316. The Bertz CT molecular complexity index is 1140. The van der Waals surface area contributed by atoms with Gasteiger partial charge in [0.2, 0.25) is 0 Å². The molecule has 0 atom stereocenters. The van der Waals surface area contributed by atoms with Crippen LogP contribution in [-0.4, -0.2) is 27.8 Å². The lowest BCUT2D eigenvalue weighted by atomic mass is 10.0. The maximum absolute atomic E-state index is 13.5. The van der Waals surface area contributed by atoms with Crippen molar-refractivity contribution in [2.45, 2.75) is 6.54 Å². The third-order valence-corrected chi connectivity index (χ3v) is 4.57. The van der Waals surface area contributed by atoms with Crippen molar-refractivity contribution in [3.05, 3.63) is 96.1 Å². The molecule has 0 spiro atoms. The van der Waals surface area contributed by atoms with Gasteiger partial charge in [0.1, 0.15) is 5.82 Å². The van der Waals surface area contributed by atoms with Crippen molar-refractivity contribution in [3.8, 4) is 11.3 Å². The first-order valence-corrected chi connectivity index (χ1v) is 8.92. The van der Waals surface area contributed by atoms with Crippen LogP contribution >= 0.6 is 0 Å². The molecular weight excluding hydrogens is 353 g/mol. The van der Waals surface area contributed by atoms with Gasteiger partial charge < -0.3 is 4.90 Å². The highest BCUT2D eigenvalue weighted by atomic mass is 19.1. The summed E-state index contributed by atoms with van der Waals surface area (Å²) in [5.74, 6) is -0.481. The van der Waals surface area contributed by atoms with Gasteiger partial charge in [-0.3, -0.25) is 9.78 Å². The van der Waals surface area contributed by atoms with Gasteiger partial charge in [-0.25, -0.2) is 9.37 Å². The van der Waals surface area contributed by atoms with Crippen LogP contribution in [0.4, 0.5) is 4.39 Å². The molecule has 2 heterocycles. The van der Waals surface area contributed by atoms with E-state index in [1.807, 2.05) is 30.3 Å². The number of halogens is 1. The first-order valence-electron chi connectivity index (χ1n) is 8.92. The number of hydrogen-bond acceptors (Lipinski definition) is 3. The molecule has 5 heteroatoms. The number of pyridine rings is 2. The summed E-state index contributed by atoms with van der Waals surface area (Å²) in [5, 5.41) is 0.693. The Morgan fingerprint density at radius 2 is 1.86 bits per heavy atom. The summed E-state index contributed by atoms with van der Waals surface area (Å²) < 4.78 is 13.5. The van der Waals surface area contributed by atoms with Gasteiger partial charge in [-0.05, 0) is 29.8 Å². The van der Waals surface area contributed by atoms with Crippen LogP contribution in [0.15, 0.2) is 79.1 Å². The largest absolute Gasteiger partial charge is 0.337 e. The summed E-state index contributed by atoms with van der Waals surface area (Å²) in [6.07, 6.45) is 3.31. The van der Waals surface area contributed by atoms with Gasteiger partial charge >= 0.3 is 0 Å². The zero-order chi connectivity index (χ0) is 19.5. The maximum Gasteiger partial charge on any atom is 0.254 e. The molecule has 0 bridgehead atoms. The molecular formula is C23H18FN3O. The van der Waals surface area contributed by atoms with Crippen molar-refractivity contribution >= 4 is 16.8 Å². The molecule has 4 nitrogen and oxygen atoms in total. The zero-order valence-electron chi connectivity index (χ0n) is 15.3. The summed E-state index contributed by atoms with van der Waals surface area (Å²) in [7, 11) is 1.71. The van der Waals surface area contributed by atoms with Crippen molar-refractivity contribution in [3.63, 3.8) is 0 Å². The van der Waals surface area contributed by atoms with E-state index in [-0.39, 0.29) is 11.7 Å². The number of hydrogen-bond donors (Lipinski definition) is 0. The molecule has 2 aromatic heterocycles. The molecule has 138 valence electrons. The van der Waals surface area contributed by atoms with E-state index in [0.717, 1.165) is 16.8 Å². The van der Waals surface area contributed by atoms with Crippen LogP contribution in [-0.2, 0) is 6.54 Å². The van der Waals surface area contributed by atoms with E-state index in [1.54, 1.807) is 48.6 Å². The van der Waals surface area contributed by atoms with Crippen molar-refractivity contribution in [1.29, 1.82) is 0 Å². The molecule has 0 radical (unpaired) electrons. The first kappa shape index (κ1) is 17.8. The van der Waals surface area contributed by atoms with E-state index in [4.69, 9.17) is 0 Å². The van der Waals surface area contributed by atoms with Crippen molar-refractivity contribution in [1.82, 2.24) is 14.9 Å². The maximum atomic E-state index is 13.5. The zero-order valence-corrected chi connectivity index (χ0v) is 15.3. The van der Waals surface area contributed by atoms with E-state index in [0.29, 0.717) is 23.0 Å². The molecule has 4 rings (SSSR count). The second-order valence-corrected chi connectivity index (χ2v) is 6.61. The number of amides is 1. The van der Waals surface area contributed by atoms with Gasteiger partial charge in [-0.15, -0.1) is 0 Å². The van der Waals surface area contributed by atoms with Crippen LogP contribution in [0.3, 0.4) is 0 Å². The molecule has 1 amide bonds. The predicted octanol–water partition coefficient (Wildman–Crippen LogP) is 4.71. The summed E-state index contributed by atoms with van der Waals surface area (Å²) in [6, 6.07) is 19.6. The molecule has 0 N–H and O–H groups in total. The Morgan fingerprint density at radius 3 is 2.64 bits per heavy atom. The molecule has 4 aromatic rings. The molecule has 0 aliphatic heterocycles. The number of aromatic nitrogens is 2. The van der Waals surface area contributed by atoms with Crippen LogP contribution in [0.1, 0.15) is 15.9 Å². The van der Waals surface area contributed by atoms with Gasteiger partial charge in [0.05, 0.1) is 16.8 Å². The Morgan fingerprint density at radius 1 is 1.04 bits per heavy atom. The number of rotatable bonds is 4. The number of carbonyl (C=O) groups excluding carboxylic acids is 1. The van der Waals surface area contributed by atoms with Crippen LogP contribution in [0.2, 0.25) is 0 Å². The van der Waals surface area contributed by atoms with Gasteiger partial charge in [-0.2, -0.15) is 0 Å². The Labute approximate surface area is 162 Å². The smallest absolute Gasteiger partial charge is 0.254 e. The number of benzene rings is 2. The van der Waals surface area contributed by atoms with E-state index in [2.05, 4.69) is 9.97 Å². The fraction of sp³-hybridized carbons (Fsp3) is 0.0870. The van der Waals surface area contributed by atoms with Gasteiger partial charge in [0, 0.05) is 36.9 Å². The quantitative estimate of drug-likeness (QED) is 0.522. The third-order valence-electron chi connectivity index (χ3n) is 4.57. The molecule has 0 saturated heterocycles. The topological polar surface area (TPSA) is 46.1 Å². The van der Waals surface area contributed by atoms with Crippen molar-refractivity contribution in [2.24, 2.45) is 0 Å². The molecule has 0 unspecified atom stereocenters. The standard InChI is InChI=1S/C23H18FN3O/c1-27(15-16-6-5-9-18(24)12-16)23(28)19-13-22(17-7-3-2-4-8-17)26-21-10-11-25-14-20(19)21/h2-14H,15H2,1H3. The fourth-order valence-corrected chi connectivity index (χ4v) is 3.19. The summed E-state index contributed by atoms with van der Waals surface area (Å²) in [4.78, 5) is 23.6. The monoisotopic (exact) mass is 371 g/mol. The van der Waals surface area contributed by atoms with Crippen LogP contribution in [0.5, 0.6) is 0 Å². The Balaban J connectivity index is 1.75. The summed E-state index contributed by atoms with van der Waals surface area (Å²) in [6.45, 7) is 0.307. The number of carbonyl (C=O) groups is 1. The number of nitrogens with zero attached hydrogens (tertiary/aromatic N) is 3. The van der Waals surface area contributed by atoms with E-state index >= 15 is 0 Å². The summed E-state index contributed by atoms with van der Waals surface area (Å²) >= 11 is 0. The minimum Gasteiger partial charge on any atom is -0.337 e. The average Bonchev–Trinajstić information content (AvgIpc) is 2.73. The second kappa shape index (κ2) is 7.56. The highest BCUT2D eigenvalue weighted by Crippen LogP contribution is 2.25. The fourth-order valence-electron chi connectivity index (χ4n) is 3.19. The van der Waals surface area contributed by atoms with Crippen LogP contribution in [0, 0.1) is 5.82 Å². The first-order chi connectivity index (χ1) is 13.6. The third kappa shape index (κ3) is 3.60. The molecule has 0 aliphatic carbocycles. The average molecular weight is 371 g/mol. The molecule has 0 aliphatic rings. The highest BCUT2D eigenvalue weighted by molar-refractivity contribution is 6.06. The van der Waals surface area contributed by atoms with Crippen molar-refractivity contribution in [2.75, 3.05) is 7.05 Å². The molecule has 28 heavy (non-hydrogen) atoms. The lowest BCUT2D eigenvalue weighted by Gasteiger charge is -2.19. The van der Waals surface area contributed by atoms with E-state index in [1.165, 1.54) is 12.1 Å². The normalized spacial score (nSPS) is 10.8. The lowest BCUT2D eigenvalue weighted by molar-refractivity contribution is 0.0787. The molecule has 0 saturated carbocycles. The lowest BCUT2D eigenvalue weighted by Crippen LogP contribution is -2.26. The van der Waals surface area contributed by atoms with E-state index in [9.17, 15) is 9.18 Å². The highest BCUT2D eigenvalue weighted by Gasteiger charge is 2.18. The molecule has 0 fully saturated rings. The predicted molar refractivity (Wildman–Crippen MR) is 107 cm³/mol. The van der Waals surface area contributed by atoms with Crippen molar-refractivity contribution < 1.29 is 9.18 Å². The minimum absolute atomic E-state index is 0.165. The Kier molecular flexibility index (Phi) is 4.81. The Hall–Kier alpha value is -3.60. The second-order valence-electron chi connectivity index (χ2n) is 6.61. The van der Waals surface area contributed by atoms with Gasteiger partial charge in [0.15, 0.2) is 0 Å². The van der Waals surface area contributed by atoms with E-state index < -0.39 is 0 Å². The van der Waals surface area contributed by atoms with Gasteiger partial charge in [0.25, 0.3) is 5.91 Å². The van der Waals surface area contributed by atoms with Gasteiger partial charge in [-0.1, -0.05) is 42.5 Å². The number of fused-ring (bicyclic) bond motifs is 1.